The molecule has 0 bridgehead atoms. The minimum absolute atomic E-state index is 0.0107. The van der Waals surface area contributed by atoms with Gasteiger partial charge in [-0.15, -0.1) is 0 Å². The topological polar surface area (TPSA) is 53.1 Å². The second kappa shape index (κ2) is 9.75. The van der Waals surface area contributed by atoms with Gasteiger partial charge in [0.2, 0.25) is 0 Å². The maximum Gasteiger partial charge on any atom is 0.277 e. The van der Waals surface area contributed by atoms with Crippen molar-refractivity contribution in [3.63, 3.8) is 0 Å². The molecule has 174 valence electrons. The van der Waals surface area contributed by atoms with Crippen LogP contribution in [0.3, 0.4) is 0 Å². The van der Waals surface area contributed by atoms with E-state index in [0.29, 0.717) is 29.9 Å². The van der Waals surface area contributed by atoms with E-state index in [1.54, 1.807) is 12.1 Å². The van der Waals surface area contributed by atoms with E-state index < -0.39 is 0 Å². The summed E-state index contributed by atoms with van der Waals surface area (Å²) in [6, 6.07) is 14.1. The monoisotopic (exact) mass is 451 g/mol. The molecule has 1 fully saturated rings. The molecule has 2 aliphatic rings. The molecule has 2 aromatic carbocycles. The molecule has 6 nitrogen and oxygen atoms in total. The van der Waals surface area contributed by atoms with Crippen LogP contribution in [0.25, 0.3) is 5.57 Å². The fourth-order valence-corrected chi connectivity index (χ4v) is 4.33. The minimum Gasteiger partial charge on any atom is -0.377 e. The zero-order valence-corrected chi connectivity index (χ0v) is 19.4. The van der Waals surface area contributed by atoms with Crippen LogP contribution in [0.1, 0.15) is 25.0 Å². The Morgan fingerprint density at radius 3 is 2.24 bits per heavy atom. The Morgan fingerprint density at radius 2 is 1.61 bits per heavy atom. The molecule has 0 atom stereocenters. The Kier molecular flexibility index (Phi) is 6.79. The smallest absolute Gasteiger partial charge is 0.277 e. The lowest BCUT2D eigenvalue weighted by molar-refractivity contribution is -0.138. The lowest BCUT2D eigenvalue weighted by atomic mass is 10.0. The number of ether oxygens (including phenoxy) is 1. The summed E-state index contributed by atoms with van der Waals surface area (Å²) in [5.41, 5.74) is 3.66. The predicted octanol–water partition coefficient (Wildman–Crippen LogP) is 3.46. The Hall–Kier alpha value is -3.19. The molecule has 2 heterocycles. The van der Waals surface area contributed by atoms with Crippen LogP contribution >= 0.6 is 0 Å². The SMILES string of the molecule is Cc1cccc(N2CCN(C3=C(c4ccc(F)cc4)C(=O)N(CCOC(C)C)C3=O)CC2)c1. The van der Waals surface area contributed by atoms with E-state index in [0.717, 1.165) is 18.8 Å². The number of piperazine rings is 1. The molecular formula is C26H30FN3O3. The third-order valence-electron chi connectivity index (χ3n) is 6.01. The lowest BCUT2D eigenvalue weighted by Gasteiger charge is -2.37. The zero-order valence-electron chi connectivity index (χ0n) is 19.4. The number of aryl methyl sites for hydroxylation is 1. The van der Waals surface area contributed by atoms with Crippen molar-refractivity contribution in [3.05, 3.63) is 71.2 Å². The van der Waals surface area contributed by atoms with Gasteiger partial charge in [-0.25, -0.2) is 4.39 Å². The van der Waals surface area contributed by atoms with Crippen molar-refractivity contribution in [2.45, 2.75) is 26.9 Å². The van der Waals surface area contributed by atoms with E-state index in [4.69, 9.17) is 4.74 Å². The van der Waals surface area contributed by atoms with Crippen LogP contribution in [0, 0.1) is 12.7 Å². The molecule has 33 heavy (non-hydrogen) atoms. The number of imide groups is 1. The minimum atomic E-state index is -0.383. The van der Waals surface area contributed by atoms with Crippen LogP contribution in [0.5, 0.6) is 0 Å². The summed E-state index contributed by atoms with van der Waals surface area (Å²) in [5, 5.41) is 0. The second-order valence-electron chi connectivity index (χ2n) is 8.73. The van der Waals surface area contributed by atoms with Crippen molar-refractivity contribution in [3.8, 4) is 0 Å². The Bertz CT molecular complexity index is 1060. The Balaban J connectivity index is 1.59. The van der Waals surface area contributed by atoms with Gasteiger partial charge in [0, 0.05) is 31.9 Å². The summed E-state index contributed by atoms with van der Waals surface area (Å²) in [6.07, 6.45) is 0.0107. The Morgan fingerprint density at radius 1 is 0.939 bits per heavy atom. The predicted molar refractivity (Wildman–Crippen MR) is 126 cm³/mol. The van der Waals surface area contributed by atoms with Crippen molar-refractivity contribution < 1.29 is 18.7 Å². The first kappa shape index (κ1) is 23.0. The summed E-state index contributed by atoms with van der Waals surface area (Å²) < 4.78 is 19.1. The van der Waals surface area contributed by atoms with Crippen molar-refractivity contribution >= 4 is 23.1 Å². The quantitative estimate of drug-likeness (QED) is 0.604. The van der Waals surface area contributed by atoms with Gasteiger partial charge < -0.3 is 14.5 Å². The standard InChI is InChI=1S/C26H30FN3O3/c1-18(2)33-16-15-30-25(31)23(20-7-9-21(27)10-8-20)24(26(30)32)29-13-11-28(12-14-29)22-6-4-5-19(3)17-22/h4-10,17-18H,11-16H2,1-3H3. The first-order valence-electron chi connectivity index (χ1n) is 11.4. The molecule has 0 unspecified atom stereocenters. The van der Waals surface area contributed by atoms with Crippen LogP contribution in [0.15, 0.2) is 54.2 Å². The molecule has 7 heteroatoms. The molecule has 0 saturated carbocycles. The number of nitrogens with zero attached hydrogens (tertiary/aromatic N) is 3. The van der Waals surface area contributed by atoms with Gasteiger partial charge in [-0.3, -0.25) is 14.5 Å². The second-order valence-corrected chi connectivity index (χ2v) is 8.73. The number of amides is 2. The fraction of sp³-hybridized carbons (Fsp3) is 0.385. The third kappa shape index (κ3) is 4.93. The first-order valence-corrected chi connectivity index (χ1v) is 11.4. The number of carbonyl (C=O) groups is 2. The maximum absolute atomic E-state index is 13.5. The molecule has 0 aromatic heterocycles. The highest BCUT2D eigenvalue weighted by Crippen LogP contribution is 2.32. The fourth-order valence-electron chi connectivity index (χ4n) is 4.33. The largest absolute Gasteiger partial charge is 0.377 e. The molecule has 0 radical (unpaired) electrons. The van der Waals surface area contributed by atoms with Crippen molar-refractivity contribution in [2.75, 3.05) is 44.2 Å². The van der Waals surface area contributed by atoms with Gasteiger partial charge in [-0.05, 0) is 56.2 Å². The summed E-state index contributed by atoms with van der Waals surface area (Å²) in [4.78, 5) is 32.3. The van der Waals surface area contributed by atoms with Gasteiger partial charge in [0.25, 0.3) is 11.8 Å². The van der Waals surface area contributed by atoms with Crippen molar-refractivity contribution in [2.24, 2.45) is 0 Å². The van der Waals surface area contributed by atoms with Crippen LogP contribution in [0.2, 0.25) is 0 Å². The average molecular weight is 452 g/mol. The highest BCUT2D eigenvalue weighted by atomic mass is 19.1. The highest BCUT2D eigenvalue weighted by Gasteiger charge is 2.42. The molecule has 0 aliphatic carbocycles. The number of benzene rings is 2. The zero-order chi connectivity index (χ0) is 23.5. The summed E-state index contributed by atoms with van der Waals surface area (Å²) in [6.45, 7) is 9.06. The Labute approximate surface area is 194 Å². The molecule has 1 saturated heterocycles. The van der Waals surface area contributed by atoms with E-state index in [9.17, 15) is 14.0 Å². The van der Waals surface area contributed by atoms with Gasteiger partial charge in [-0.2, -0.15) is 0 Å². The van der Waals surface area contributed by atoms with Crippen molar-refractivity contribution in [1.29, 1.82) is 0 Å². The van der Waals surface area contributed by atoms with Gasteiger partial charge in [0.15, 0.2) is 0 Å². The molecule has 2 aliphatic heterocycles. The van der Waals surface area contributed by atoms with E-state index in [-0.39, 0.29) is 36.9 Å². The average Bonchev–Trinajstić information content (AvgIpc) is 3.04. The summed E-state index contributed by atoms with van der Waals surface area (Å²) in [7, 11) is 0. The van der Waals surface area contributed by atoms with Gasteiger partial charge >= 0.3 is 0 Å². The van der Waals surface area contributed by atoms with Crippen LogP contribution in [0.4, 0.5) is 10.1 Å². The molecular weight excluding hydrogens is 421 g/mol. The number of rotatable bonds is 7. The first-order chi connectivity index (χ1) is 15.8. The molecule has 2 amide bonds. The van der Waals surface area contributed by atoms with Gasteiger partial charge in [0.1, 0.15) is 11.5 Å². The van der Waals surface area contributed by atoms with Crippen LogP contribution in [-0.4, -0.2) is 67.0 Å². The molecule has 0 N–H and O–H groups in total. The van der Waals surface area contributed by atoms with E-state index in [1.807, 2.05) is 24.8 Å². The number of hydrogen-bond acceptors (Lipinski definition) is 5. The highest BCUT2D eigenvalue weighted by molar-refractivity contribution is 6.35. The van der Waals surface area contributed by atoms with Crippen LogP contribution in [-0.2, 0) is 14.3 Å². The van der Waals surface area contributed by atoms with Gasteiger partial charge in [0.05, 0.1) is 24.8 Å². The van der Waals surface area contributed by atoms with E-state index in [2.05, 4.69) is 30.0 Å². The molecule has 4 rings (SSSR count). The number of halogens is 1. The number of carbonyl (C=O) groups excluding carboxylic acids is 2. The van der Waals surface area contributed by atoms with Crippen LogP contribution < -0.4 is 4.90 Å². The van der Waals surface area contributed by atoms with E-state index in [1.165, 1.54) is 22.6 Å². The van der Waals surface area contributed by atoms with Gasteiger partial charge in [-0.1, -0.05) is 24.3 Å². The molecule has 2 aromatic rings. The normalized spacial score (nSPS) is 17.1. The maximum atomic E-state index is 13.5. The number of hydrogen-bond donors (Lipinski definition) is 0. The molecule has 0 spiro atoms. The summed E-state index contributed by atoms with van der Waals surface area (Å²) in [5.74, 6) is -1.04. The third-order valence-corrected chi connectivity index (χ3v) is 6.01. The van der Waals surface area contributed by atoms with Crippen molar-refractivity contribution in [1.82, 2.24) is 9.80 Å². The summed E-state index contributed by atoms with van der Waals surface area (Å²) >= 11 is 0. The van der Waals surface area contributed by atoms with E-state index >= 15 is 0 Å². The lowest BCUT2D eigenvalue weighted by Crippen LogP contribution is -2.47. The number of anilines is 1.